The van der Waals surface area contributed by atoms with Crippen LogP contribution in [0.2, 0.25) is 0 Å². The van der Waals surface area contributed by atoms with Crippen LogP contribution < -0.4 is 0 Å². The SMILES string of the molecule is Cc1ccc(S(=O)(=O)N2C[C@@H](c3ccccc3)C(C(=O)[C@@]3(C)CO3)=N2)cc1. The van der Waals surface area contributed by atoms with Gasteiger partial charge in [-0.25, -0.2) is 0 Å². The summed E-state index contributed by atoms with van der Waals surface area (Å²) in [6.07, 6.45) is 0. The van der Waals surface area contributed by atoms with Crippen molar-refractivity contribution in [2.45, 2.75) is 30.3 Å². The molecule has 2 aromatic rings. The van der Waals surface area contributed by atoms with Crippen LogP contribution in [0, 0.1) is 6.92 Å². The Morgan fingerprint density at radius 2 is 1.78 bits per heavy atom. The molecule has 0 aliphatic carbocycles. The lowest BCUT2D eigenvalue weighted by molar-refractivity contribution is -0.117. The van der Waals surface area contributed by atoms with E-state index in [2.05, 4.69) is 5.10 Å². The largest absolute Gasteiger partial charge is 0.361 e. The summed E-state index contributed by atoms with van der Waals surface area (Å²) >= 11 is 0. The number of rotatable bonds is 5. The van der Waals surface area contributed by atoms with Crippen molar-refractivity contribution in [3.05, 3.63) is 65.7 Å². The number of ether oxygens (including phenoxy) is 1. The molecule has 2 aliphatic rings. The van der Waals surface area contributed by atoms with Crippen molar-refractivity contribution < 1.29 is 17.9 Å². The highest BCUT2D eigenvalue weighted by molar-refractivity contribution is 7.89. The van der Waals surface area contributed by atoms with E-state index < -0.39 is 21.5 Å². The van der Waals surface area contributed by atoms with Crippen molar-refractivity contribution >= 4 is 21.5 Å². The van der Waals surface area contributed by atoms with Gasteiger partial charge in [0.25, 0.3) is 10.0 Å². The first-order chi connectivity index (χ1) is 12.8. The summed E-state index contributed by atoms with van der Waals surface area (Å²) in [5.41, 5.74) is 1.17. The molecule has 0 bridgehead atoms. The maximum absolute atomic E-state index is 13.0. The fourth-order valence-electron chi connectivity index (χ4n) is 3.12. The second-order valence-corrected chi connectivity index (χ2v) is 8.96. The highest BCUT2D eigenvalue weighted by Crippen LogP contribution is 2.35. The summed E-state index contributed by atoms with van der Waals surface area (Å²) < 4.78 is 32.4. The number of carbonyl (C=O) groups is 1. The number of carbonyl (C=O) groups excluding carboxylic acids is 1. The normalized spacial score (nSPS) is 24.6. The first-order valence-electron chi connectivity index (χ1n) is 8.73. The summed E-state index contributed by atoms with van der Waals surface area (Å²) in [6, 6.07) is 16.0. The molecule has 1 saturated heterocycles. The molecule has 0 aromatic heterocycles. The number of aryl methyl sites for hydroxylation is 1. The molecule has 6 nitrogen and oxygen atoms in total. The van der Waals surface area contributed by atoms with Crippen molar-refractivity contribution in [1.82, 2.24) is 4.41 Å². The molecule has 0 amide bonds. The van der Waals surface area contributed by atoms with Gasteiger partial charge in [-0.1, -0.05) is 48.0 Å². The van der Waals surface area contributed by atoms with E-state index >= 15 is 0 Å². The van der Waals surface area contributed by atoms with Gasteiger partial charge in [-0.05, 0) is 31.5 Å². The molecule has 2 atom stereocenters. The fraction of sp³-hybridized carbons (Fsp3) is 0.300. The van der Waals surface area contributed by atoms with Crippen molar-refractivity contribution in [2.24, 2.45) is 5.10 Å². The van der Waals surface area contributed by atoms with Gasteiger partial charge in [-0.15, -0.1) is 0 Å². The Morgan fingerprint density at radius 3 is 2.37 bits per heavy atom. The van der Waals surface area contributed by atoms with E-state index in [1.54, 1.807) is 31.2 Å². The van der Waals surface area contributed by atoms with E-state index in [9.17, 15) is 13.2 Å². The van der Waals surface area contributed by atoms with Gasteiger partial charge < -0.3 is 4.74 Å². The molecule has 0 spiro atoms. The smallest absolute Gasteiger partial charge is 0.279 e. The van der Waals surface area contributed by atoms with E-state index in [0.717, 1.165) is 15.5 Å². The quantitative estimate of drug-likeness (QED) is 0.742. The van der Waals surface area contributed by atoms with Crippen LogP contribution in [0.1, 0.15) is 24.0 Å². The van der Waals surface area contributed by atoms with Crippen LogP contribution >= 0.6 is 0 Å². The molecule has 0 N–H and O–H groups in total. The minimum Gasteiger partial charge on any atom is -0.361 e. The van der Waals surface area contributed by atoms with Gasteiger partial charge in [0.05, 0.1) is 24.0 Å². The lowest BCUT2D eigenvalue weighted by Gasteiger charge is -2.17. The second-order valence-electron chi connectivity index (χ2n) is 7.12. The second kappa shape index (κ2) is 6.28. The molecule has 2 aromatic carbocycles. The van der Waals surface area contributed by atoms with Crippen LogP contribution in [-0.2, 0) is 19.6 Å². The lowest BCUT2D eigenvalue weighted by atomic mass is 9.89. The average molecular weight is 384 g/mol. The predicted octanol–water partition coefficient (Wildman–Crippen LogP) is 2.50. The summed E-state index contributed by atoms with van der Waals surface area (Å²) in [6.45, 7) is 4.02. The molecule has 1 fully saturated rings. The van der Waals surface area contributed by atoms with Crippen LogP contribution in [0.5, 0.6) is 0 Å². The van der Waals surface area contributed by atoms with Gasteiger partial charge in [-0.3, -0.25) is 4.79 Å². The monoisotopic (exact) mass is 384 g/mol. The summed E-state index contributed by atoms with van der Waals surface area (Å²) in [5.74, 6) is -0.669. The van der Waals surface area contributed by atoms with E-state index in [1.165, 1.54) is 0 Å². The number of sulfonamides is 1. The number of hydrogen-bond donors (Lipinski definition) is 0. The lowest BCUT2D eigenvalue weighted by Crippen LogP contribution is -2.32. The van der Waals surface area contributed by atoms with Gasteiger partial charge in [0.15, 0.2) is 5.60 Å². The van der Waals surface area contributed by atoms with Crippen molar-refractivity contribution in [1.29, 1.82) is 0 Å². The van der Waals surface area contributed by atoms with Crippen molar-refractivity contribution in [3.8, 4) is 0 Å². The Kier molecular flexibility index (Phi) is 4.16. The van der Waals surface area contributed by atoms with Gasteiger partial charge in [0.2, 0.25) is 5.78 Å². The maximum Gasteiger partial charge on any atom is 0.279 e. The predicted molar refractivity (Wildman–Crippen MR) is 101 cm³/mol. The molecule has 0 saturated carbocycles. The topological polar surface area (TPSA) is 79.3 Å². The third-order valence-corrected chi connectivity index (χ3v) is 6.63. The van der Waals surface area contributed by atoms with E-state index in [0.29, 0.717) is 6.61 Å². The van der Waals surface area contributed by atoms with Crippen LogP contribution in [0.15, 0.2) is 64.6 Å². The Labute approximate surface area is 158 Å². The van der Waals surface area contributed by atoms with Crippen molar-refractivity contribution in [3.63, 3.8) is 0 Å². The third kappa shape index (κ3) is 3.17. The van der Waals surface area contributed by atoms with Gasteiger partial charge >= 0.3 is 0 Å². The molecule has 140 valence electrons. The van der Waals surface area contributed by atoms with Gasteiger partial charge in [0.1, 0.15) is 5.71 Å². The first kappa shape index (κ1) is 17.9. The summed E-state index contributed by atoms with van der Waals surface area (Å²) in [4.78, 5) is 13.0. The zero-order valence-electron chi connectivity index (χ0n) is 15.1. The molecular weight excluding hydrogens is 364 g/mol. The van der Waals surface area contributed by atoms with E-state index in [1.807, 2.05) is 37.3 Å². The number of hydrogen-bond acceptors (Lipinski definition) is 5. The molecule has 0 radical (unpaired) electrons. The van der Waals surface area contributed by atoms with Crippen molar-refractivity contribution in [2.75, 3.05) is 13.2 Å². The molecule has 2 aliphatic heterocycles. The Hall–Kier alpha value is -2.51. The number of ketones is 1. The minimum absolute atomic E-state index is 0.0946. The number of hydrazone groups is 1. The van der Waals surface area contributed by atoms with E-state index in [-0.39, 0.29) is 22.9 Å². The Balaban J connectivity index is 1.73. The fourth-order valence-corrected chi connectivity index (χ4v) is 4.38. The first-order valence-corrected chi connectivity index (χ1v) is 10.2. The molecular formula is C20H20N2O4S. The zero-order chi connectivity index (χ0) is 19.2. The van der Waals surface area contributed by atoms with Crippen LogP contribution in [-0.4, -0.2) is 43.1 Å². The maximum atomic E-state index is 13.0. The van der Waals surface area contributed by atoms with Crippen LogP contribution in [0.3, 0.4) is 0 Å². The average Bonchev–Trinajstić information content (AvgIpc) is 3.26. The molecule has 4 rings (SSSR count). The summed E-state index contributed by atoms with van der Waals surface area (Å²) in [5, 5.41) is 4.26. The number of epoxide rings is 1. The van der Waals surface area contributed by atoms with Gasteiger partial charge in [-0.2, -0.15) is 17.9 Å². The third-order valence-electron chi connectivity index (χ3n) is 4.98. The highest BCUT2D eigenvalue weighted by Gasteiger charge is 2.52. The molecule has 27 heavy (non-hydrogen) atoms. The van der Waals surface area contributed by atoms with Crippen LogP contribution in [0.4, 0.5) is 0 Å². The van der Waals surface area contributed by atoms with Gasteiger partial charge in [0, 0.05) is 0 Å². The number of Topliss-reactive ketones (excluding diaryl/α,β-unsaturated/α-hetero) is 1. The van der Waals surface area contributed by atoms with Crippen LogP contribution in [0.25, 0.3) is 0 Å². The Bertz CT molecular complexity index is 1010. The summed E-state index contributed by atoms with van der Waals surface area (Å²) in [7, 11) is -3.84. The van der Waals surface area contributed by atoms with E-state index in [4.69, 9.17) is 4.74 Å². The standard InChI is InChI=1S/C20H20N2O4S/c1-14-8-10-16(11-9-14)27(24,25)22-12-17(15-6-4-3-5-7-15)18(21-22)19(23)20(2)13-26-20/h3-11,17H,12-13H2,1-2H3/t17-,20+/m0/s1. The molecule has 2 heterocycles. The molecule has 0 unspecified atom stereocenters. The minimum atomic E-state index is -3.84. The number of benzene rings is 2. The highest BCUT2D eigenvalue weighted by atomic mass is 32.2. The number of nitrogens with zero attached hydrogens (tertiary/aromatic N) is 2. The zero-order valence-corrected chi connectivity index (χ0v) is 15.9. The molecule has 7 heteroatoms. The Morgan fingerprint density at radius 1 is 1.15 bits per heavy atom.